The molecule has 2 rings (SSSR count). The second-order valence-corrected chi connectivity index (χ2v) is 6.02. The topological polar surface area (TPSA) is 64.7 Å². The SMILES string of the molecule is Cc1nccn1C(C)CC(=O)NCCSc1nccn1C. The van der Waals surface area contributed by atoms with Crippen molar-refractivity contribution in [1.82, 2.24) is 24.4 Å². The molecular formula is C14H21N5OS. The van der Waals surface area contributed by atoms with Gasteiger partial charge in [-0.3, -0.25) is 4.79 Å². The maximum atomic E-state index is 11.9. The number of carbonyl (C=O) groups is 1. The zero-order valence-electron chi connectivity index (χ0n) is 12.6. The summed E-state index contributed by atoms with van der Waals surface area (Å²) in [6.45, 7) is 4.61. The Morgan fingerprint density at radius 3 is 2.76 bits per heavy atom. The summed E-state index contributed by atoms with van der Waals surface area (Å²) in [6, 6.07) is 0.120. The number of hydrogen-bond donors (Lipinski definition) is 1. The Balaban J connectivity index is 1.68. The summed E-state index contributed by atoms with van der Waals surface area (Å²) < 4.78 is 3.98. The summed E-state index contributed by atoms with van der Waals surface area (Å²) >= 11 is 1.64. The number of nitrogens with one attached hydrogen (secondary N) is 1. The molecular weight excluding hydrogens is 286 g/mol. The summed E-state index contributed by atoms with van der Waals surface area (Å²) in [4.78, 5) is 20.3. The maximum Gasteiger partial charge on any atom is 0.222 e. The number of aromatic nitrogens is 4. The number of imidazole rings is 2. The second-order valence-electron chi connectivity index (χ2n) is 4.95. The number of aryl methyl sites for hydroxylation is 2. The fourth-order valence-corrected chi connectivity index (χ4v) is 2.90. The largest absolute Gasteiger partial charge is 0.355 e. The van der Waals surface area contributed by atoms with E-state index in [1.807, 2.05) is 42.4 Å². The van der Waals surface area contributed by atoms with Crippen LogP contribution >= 0.6 is 11.8 Å². The van der Waals surface area contributed by atoms with Crippen molar-refractivity contribution < 1.29 is 4.79 Å². The molecule has 2 heterocycles. The zero-order valence-corrected chi connectivity index (χ0v) is 13.4. The maximum absolute atomic E-state index is 11.9. The van der Waals surface area contributed by atoms with Crippen molar-refractivity contribution in [2.24, 2.45) is 7.05 Å². The molecule has 114 valence electrons. The van der Waals surface area contributed by atoms with Gasteiger partial charge in [-0.1, -0.05) is 11.8 Å². The molecule has 0 aromatic carbocycles. The lowest BCUT2D eigenvalue weighted by Crippen LogP contribution is -2.28. The van der Waals surface area contributed by atoms with Crippen LogP contribution in [0.1, 0.15) is 25.2 Å². The smallest absolute Gasteiger partial charge is 0.222 e. The van der Waals surface area contributed by atoms with E-state index in [4.69, 9.17) is 0 Å². The van der Waals surface area contributed by atoms with E-state index in [2.05, 4.69) is 15.3 Å². The molecule has 0 aliphatic carbocycles. The molecule has 1 amide bonds. The van der Waals surface area contributed by atoms with Crippen LogP contribution in [0.15, 0.2) is 29.9 Å². The number of hydrogen-bond acceptors (Lipinski definition) is 4. The normalized spacial score (nSPS) is 12.3. The van der Waals surface area contributed by atoms with E-state index in [9.17, 15) is 4.79 Å². The van der Waals surface area contributed by atoms with Gasteiger partial charge in [-0.25, -0.2) is 9.97 Å². The molecule has 2 aromatic heterocycles. The van der Waals surface area contributed by atoms with E-state index < -0.39 is 0 Å². The standard InChI is InChI=1S/C14H21N5OS/c1-11(19-8-5-15-12(19)2)10-13(20)16-6-9-21-14-17-4-7-18(14)3/h4-5,7-8,11H,6,9-10H2,1-3H3,(H,16,20). The molecule has 1 unspecified atom stereocenters. The first-order valence-electron chi connectivity index (χ1n) is 6.94. The minimum absolute atomic E-state index is 0.0658. The first-order chi connectivity index (χ1) is 10.1. The van der Waals surface area contributed by atoms with Crippen molar-refractivity contribution in [3.05, 3.63) is 30.6 Å². The Kier molecular flexibility index (Phi) is 5.44. The Hall–Kier alpha value is -1.76. The van der Waals surface area contributed by atoms with Crippen LogP contribution in [-0.2, 0) is 11.8 Å². The van der Waals surface area contributed by atoms with Crippen LogP contribution in [0.3, 0.4) is 0 Å². The third-order valence-corrected chi connectivity index (χ3v) is 4.31. The minimum atomic E-state index is 0.0658. The quantitative estimate of drug-likeness (QED) is 0.625. The fraction of sp³-hybridized carbons (Fsp3) is 0.500. The summed E-state index contributed by atoms with van der Waals surface area (Å²) in [5.74, 6) is 1.81. The number of carbonyl (C=O) groups excluding carboxylic acids is 1. The van der Waals surface area contributed by atoms with Gasteiger partial charge < -0.3 is 14.5 Å². The van der Waals surface area contributed by atoms with Crippen LogP contribution in [0.5, 0.6) is 0 Å². The molecule has 0 saturated heterocycles. The molecule has 0 spiro atoms. The van der Waals surface area contributed by atoms with Gasteiger partial charge in [-0.2, -0.15) is 0 Å². The summed E-state index contributed by atoms with van der Waals surface area (Å²) in [7, 11) is 1.96. The van der Waals surface area contributed by atoms with Gasteiger partial charge in [0, 0.05) is 56.6 Å². The van der Waals surface area contributed by atoms with Gasteiger partial charge >= 0.3 is 0 Å². The summed E-state index contributed by atoms with van der Waals surface area (Å²) in [5, 5.41) is 3.91. The first kappa shape index (κ1) is 15.6. The van der Waals surface area contributed by atoms with E-state index in [-0.39, 0.29) is 11.9 Å². The van der Waals surface area contributed by atoms with Gasteiger partial charge in [0.05, 0.1) is 0 Å². The summed E-state index contributed by atoms with van der Waals surface area (Å²) in [5.41, 5.74) is 0. The number of thioether (sulfide) groups is 1. The van der Waals surface area contributed by atoms with Crippen LogP contribution in [0.25, 0.3) is 0 Å². The monoisotopic (exact) mass is 307 g/mol. The predicted octanol–water partition coefficient (Wildman–Crippen LogP) is 1.78. The first-order valence-corrected chi connectivity index (χ1v) is 7.92. The van der Waals surface area contributed by atoms with E-state index in [1.54, 1.807) is 24.2 Å². The Morgan fingerprint density at radius 1 is 1.38 bits per heavy atom. The number of rotatable bonds is 7. The Bertz CT molecular complexity index is 592. The average molecular weight is 307 g/mol. The molecule has 0 bridgehead atoms. The van der Waals surface area contributed by atoms with Crippen molar-refractivity contribution in [3.8, 4) is 0 Å². The molecule has 1 atom stereocenters. The average Bonchev–Trinajstić information content (AvgIpc) is 3.03. The Morgan fingerprint density at radius 2 is 2.14 bits per heavy atom. The minimum Gasteiger partial charge on any atom is -0.355 e. The van der Waals surface area contributed by atoms with Crippen LogP contribution in [0, 0.1) is 6.92 Å². The van der Waals surface area contributed by atoms with Crippen molar-refractivity contribution in [2.45, 2.75) is 31.5 Å². The Labute approximate surface area is 129 Å². The highest BCUT2D eigenvalue weighted by molar-refractivity contribution is 7.99. The van der Waals surface area contributed by atoms with Crippen molar-refractivity contribution in [3.63, 3.8) is 0 Å². The lowest BCUT2D eigenvalue weighted by atomic mass is 10.2. The third-order valence-electron chi connectivity index (χ3n) is 3.25. The van der Waals surface area contributed by atoms with Gasteiger partial charge in [0.2, 0.25) is 5.91 Å². The fourth-order valence-electron chi connectivity index (χ4n) is 2.12. The van der Waals surface area contributed by atoms with Crippen molar-refractivity contribution in [1.29, 1.82) is 0 Å². The molecule has 0 fully saturated rings. The van der Waals surface area contributed by atoms with Gasteiger partial charge in [-0.05, 0) is 13.8 Å². The highest BCUT2D eigenvalue weighted by Crippen LogP contribution is 2.14. The molecule has 2 aromatic rings. The predicted molar refractivity (Wildman–Crippen MR) is 83.2 cm³/mol. The van der Waals surface area contributed by atoms with E-state index in [0.717, 1.165) is 16.7 Å². The van der Waals surface area contributed by atoms with E-state index in [1.165, 1.54) is 0 Å². The molecule has 7 heteroatoms. The number of amides is 1. The van der Waals surface area contributed by atoms with Gasteiger partial charge in [0.15, 0.2) is 5.16 Å². The lowest BCUT2D eigenvalue weighted by molar-refractivity contribution is -0.121. The lowest BCUT2D eigenvalue weighted by Gasteiger charge is -2.14. The molecule has 6 nitrogen and oxygen atoms in total. The van der Waals surface area contributed by atoms with Crippen LogP contribution in [-0.4, -0.2) is 37.3 Å². The highest BCUT2D eigenvalue weighted by atomic mass is 32.2. The number of nitrogens with zero attached hydrogens (tertiary/aromatic N) is 4. The van der Waals surface area contributed by atoms with Gasteiger partial charge in [-0.15, -0.1) is 0 Å². The van der Waals surface area contributed by atoms with Crippen LogP contribution in [0.2, 0.25) is 0 Å². The third kappa shape index (κ3) is 4.35. The van der Waals surface area contributed by atoms with E-state index in [0.29, 0.717) is 13.0 Å². The molecule has 0 aliphatic heterocycles. The van der Waals surface area contributed by atoms with Gasteiger partial charge in [0.25, 0.3) is 0 Å². The second kappa shape index (κ2) is 7.31. The molecule has 1 N–H and O–H groups in total. The van der Waals surface area contributed by atoms with Crippen LogP contribution in [0.4, 0.5) is 0 Å². The molecule has 21 heavy (non-hydrogen) atoms. The van der Waals surface area contributed by atoms with E-state index >= 15 is 0 Å². The highest BCUT2D eigenvalue weighted by Gasteiger charge is 2.12. The molecule has 0 aliphatic rings. The van der Waals surface area contributed by atoms with Crippen LogP contribution < -0.4 is 5.32 Å². The van der Waals surface area contributed by atoms with Gasteiger partial charge in [0.1, 0.15) is 5.82 Å². The molecule has 0 saturated carbocycles. The zero-order chi connectivity index (χ0) is 15.2. The van der Waals surface area contributed by atoms with Crippen molar-refractivity contribution >= 4 is 17.7 Å². The summed E-state index contributed by atoms with van der Waals surface area (Å²) in [6.07, 6.45) is 7.81. The molecule has 0 radical (unpaired) electrons. The van der Waals surface area contributed by atoms with Crippen molar-refractivity contribution in [2.75, 3.05) is 12.3 Å².